The van der Waals surface area contributed by atoms with Crippen LogP contribution >= 0.6 is 0 Å². The molecule has 1 aliphatic heterocycles. The highest BCUT2D eigenvalue weighted by atomic mass is 32.2. The molecule has 1 atom stereocenters. The monoisotopic (exact) mass is 249 g/mol. The molecule has 16 heavy (non-hydrogen) atoms. The van der Waals surface area contributed by atoms with Crippen LogP contribution in [0.5, 0.6) is 0 Å². The SMILES string of the molecule is CC(CN1CCCCC1)NCCS(N)(=O)=O. The quantitative estimate of drug-likeness (QED) is 0.680. The van der Waals surface area contributed by atoms with E-state index in [0.717, 1.165) is 6.54 Å². The molecule has 0 aliphatic carbocycles. The fraction of sp³-hybridized carbons (Fsp3) is 1.00. The van der Waals surface area contributed by atoms with E-state index < -0.39 is 10.0 Å². The average molecular weight is 249 g/mol. The summed E-state index contributed by atoms with van der Waals surface area (Å²) in [6, 6.07) is 0.319. The van der Waals surface area contributed by atoms with Crippen molar-refractivity contribution in [1.29, 1.82) is 0 Å². The Labute approximate surface area is 98.4 Å². The third kappa shape index (κ3) is 6.42. The summed E-state index contributed by atoms with van der Waals surface area (Å²) >= 11 is 0. The van der Waals surface area contributed by atoms with E-state index in [-0.39, 0.29) is 5.75 Å². The van der Waals surface area contributed by atoms with Crippen LogP contribution in [0.3, 0.4) is 0 Å². The highest BCUT2D eigenvalue weighted by molar-refractivity contribution is 7.89. The maximum absolute atomic E-state index is 10.7. The lowest BCUT2D eigenvalue weighted by Crippen LogP contribution is -2.43. The molecule has 96 valence electrons. The van der Waals surface area contributed by atoms with Crippen LogP contribution in [0.25, 0.3) is 0 Å². The molecule has 6 heteroatoms. The number of sulfonamides is 1. The largest absolute Gasteiger partial charge is 0.312 e. The summed E-state index contributed by atoms with van der Waals surface area (Å²) in [6.07, 6.45) is 3.90. The van der Waals surface area contributed by atoms with Gasteiger partial charge in [0, 0.05) is 19.1 Å². The van der Waals surface area contributed by atoms with Crippen molar-refractivity contribution >= 4 is 10.0 Å². The molecule has 1 fully saturated rings. The van der Waals surface area contributed by atoms with E-state index in [1.54, 1.807) is 0 Å². The van der Waals surface area contributed by atoms with Crippen LogP contribution in [-0.4, -0.2) is 51.3 Å². The van der Waals surface area contributed by atoms with Gasteiger partial charge in [0.2, 0.25) is 10.0 Å². The number of nitrogens with two attached hydrogens (primary N) is 1. The zero-order chi connectivity index (χ0) is 12.0. The summed E-state index contributed by atoms with van der Waals surface area (Å²) in [5.74, 6) is 0.0112. The van der Waals surface area contributed by atoms with Gasteiger partial charge in [0.15, 0.2) is 0 Å². The van der Waals surface area contributed by atoms with Gasteiger partial charge >= 0.3 is 0 Å². The Morgan fingerprint density at radius 2 is 1.94 bits per heavy atom. The highest BCUT2D eigenvalue weighted by Crippen LogP contribution is 2.08. The standard InChI is InChI=1S/C10H23N3O2S/c1-10(12-5-8-16(11,14)15)9-13-6-3-2-4-7-13/h10,12H,2-9H2,1H3,(H2,11,14,15). The summed E-state index contributed by atoms with van der Waals surface area (Å²) in [5, 5.41) is 8.11. The van der Waals surface area contributed by atoms with E-state index in [0.29, 0.717) is 12.6 Å². The molecule has 0 radical (unpaired) electrons. The van der Waals surface area contributed by atoms with E-state index in [9.17, 15) is 8.42 Å². The van der Waals surface area contributed by atoms with Gasteiger partial charge in [-0.2, -0.15) is 0 Å². The Morgan fingerprint density at radius 1 is 1.31 bits per heavy atom. The minimum absolute atomic E-state index is 0.0112. The first-order valence-electron chi connectivity index (χ1n) is 5.93. The Morgan fingerprint density at radius 3 is 2.50 bits per heavy atom. The lowest BCUT2D eigenvalue weighted by Gasteiger charge is -2.29. The number of hydrogen-bond acceptors (Lipinski definition) is 4. The van der Waals surface area contributed by atoms with Gasteiger partial charge in [0.05, 0.1) is 5.75 Å². The molecule has 1 saturated heterocycles. The van der Waals surface area contributed by atoms with Gasteiger partial charge in [-0.25, -0.2) is 13.6 Å². The van der Waals surface area contributed by atoms with E-state index in [1.807, 2.05) is 0 Å². The molecule has 3 N–H and O–H groups in total. The summed E-state index contributed by atoms with van der Waals surface area (Å²) in [4.78, 5) is 2.43. The van der Waals surface area contributed by atoms with Crippen molar-refractivity contribution in [1.82, 2.24) is 10.2 Å². The van der Waals surface area contributed by atoms with Crippen LogP contribution in [0.15, 0.2) is 0 Å². The molecule has 0 saturated carbocycles. The molecule has 0 aromatic carbocycles. The minimum Gasteiger partial charge on any atom is -0.312 e. The Hall–Kier alpha value is -0.170. The molecule has 1 rings (SSSR count). The average Bonchev–Trinajstić information content (AvgIpc) is 2.17. The number of hydrogen-bond donors (Lipinski definition) is 2. The zero-order valence-electron chi connectivity index (χ0n) is 9.98. The van der Waals surface area contributed by atoms with Crippen LogP contribution in [0, 0.1) is 0 Å². The van der Waals surface area contributed by atoms with E-state index in [4.69, 9.17) is 5.14 Å². The number of nitrogens with zero attached hydrogens (tertiary/aromatic N) is 1. The van der Waals surface area contributed by atoms with Gasteiger partial charge in [-0.1, -0.05) is 6.42 Å². The van der Waals surface area contributed by atoms with E-state index >= 15 is 0 Å². The van der Waals surface area contributed by atoms with Crippen molar-refractivity contribution in [3.05, 3.63) is 0 Å². The summed E-state index contributed by atoms with van der Waals surface area (Å²) in [7, 11) is -3.33. The Balaban J connectivity index is 2.12. The van der Waals surface area contributed by atoms with Crippen LogP contribution in [0.4, 0.5) is 0 Å². The predicted molar refractivity (Wildman–Crippen MR) is 65.7 cm³/mol. The van der Waals surface area contributed by atoms with Crippen molar-refractivity contribution in [2.75, 3.05) is 31.9 Å². The lowest BCUT2D eigenvalue weighted by atomic mass is 10.1. The third-order valence-electron chi connectivity index (χ3n) is 2.86. The van der Waals surface area contributed by atoms with Crippen molar-refractivity contribution in [2.45, 2.75) is 32.2 Å². The normalized spacial score (nSPS) is 20.9. The van der Waals surface area contributed by atoms with Gasteiger partial charge in [-0.05, 0) is 32.9 Å². The van der Waals surface area contributed by atoms with Gasteiger partial charge in [-0.15, -0.1) is 0 Å². The number of rotatable bonds is 6. The fourth-order valence-electron chi connectivity index (χ4n) is 2.04. The molecule has 0 aromatic heterocycles. The van der Waals surface area contributed by atoms with Crippen molar-refractivity contribution < 1.29 is 8.42 Å². The van der Waals surface area contributed by atoms with Gasteiger partial charge < -0.3 is 10.2 Å². The Bertz CT molecular complexity index is 286. The van der Waals surface area contributed by atoms with Gasteiger partial charge in [0.1, 0.15) is 0 Å². The van der Waals surface area contributed by atoms with Crippen molar-refractivity contribution in [2.24, 2.45) is 5.14 Å². The smallest absolute Gasteiger partial charge is 0.210 e. The van der Waals surface area contributed by atoms with Crippen molar-refractivity contribution in [3.63, 3.8) is 0 Å². The number of nitrogens with one attached hydrogen (secondary N) is 1. The van der Waals surface area contributed by atoms with E-state index in [2.05, 4.69) is 17.1 Å². The predicted octanol–water partition coefficient (Wildman–Crippen LogP) is -0.261. The molecule has 0 amide bonds. The van der Waals surface area contributed by atoms with Crippen LogP contribution < -0.4 is 10.5 Å². The number of piperidine rings is 1. The lowest BCUT2D eigenvalue weighted by molar-refractivity contribution is 0.210. The zero-order valence-corrected chi connectivity index (χ0v) is 10.8. The second-order valence-corrected chi connectivity index (χ2v) is 6.32. The second kappa shape index (κ2) is 6.54. The maximum atomic E-state index is 10.7. The summed E-state index contributed by atoms with van der Waals surface area (Å²) in [5.41, 5.74) is 0. The Kier molecular flexibility index (Phi) is 5.68. The second-order valence-electron chi connectivity index (χ2n) is 4.58. The van der Waals surface area contributed by atoms with Gasteiger partial charge in [0.25, 0.3) is 0 Å². The highest BCUT2D eigenvalue weighted by Gasteiger charge is 2.13. The minimum atomic E-state index is -3.33. The molecular formula is C10H23N3O2S. The molecule has 5 nitrogen and oxygen atoms in total. The first-order chi connectivity index (χ1) is 7.47. The first kappa shape index (κ1) is 13.9. The molecule has 1 heterocycles. The third-order valence-corrected chi connectivity index (χ3v) is 3.63. The topological polar surface area (TPSA) is 75.4 Å². The maximum Gasteiger partial charge on any atom is 0.210 e. The first-order valence-corrected chi connectivity index (χ1v) is 7.65. The van der Waals surface area contributed by atoms with Crippen LogP contribution in [0.2, 0.25) is 0 Å². The number of primary sulfonamides is 1. The van der Waals surface area contributed by atoms with Crippen molar-refractivity contribution in [3.8, 4) is 0 Å². The fourth-order valence-corrected chi connectivity index (χ4v) is 2.44. The molecule has 0 spiro atoms. The van der Waals surface area contributed by atoms with E-state index in [1.165, 1.54) is 32.4 Å². The molecule has 0 bridgehead atoms. The van der Waals surface area contributed by atoms with Crippen LogP contribution in [-0.2, 0) is 10.0 Å². The number of likely N-dealkylation sites (tertiary alicyclic amines) is 1. The molecule has 1 aliphatic rings. The summed E-state index contributed by atoms with van der Waals surface area (Å²) < 4.78 is 21.5. The van der Waals surface area contributed by atoms with Gasteiger partial charge in [-0.3, -0.25) is 0 Å². The summed E-state index contributed by atoms with van der Waals surface area (Å²) in [6.45, 7) is 5.85. The molecule has 1 unspecified atom stereocenters. The molecular weight excluding hydrogens is 226 g/mol. The van der Waals surface area contributed by atoms with Crippen LogP contribution in [0.1, 0.15) is 26.2 Å². The molecule has 0 aromatic rings.